The van der Waals surface area contributed by atoms with E-state index in [0.717, 1.165) is 22.8 Å². The van der Waals surface area contributed by atoms with Crippen molar-refractivity contribution >= 4 is 5.78 Å². The molecular formula is C29H24O6. The molecule has 4 aromatic carbocycles. The molecule has 0 unspecified atom stereocenters. The van der Waals surface area contributed by atoms with Gasteiger partial charge in [0.25, 0.3) is 0 Å². The van der Waals surface area contributed by atoms with Gasteiger partial charge in [0.1, 0.15) is 42.1 Å². The Morgan fingerprint density at radius 2 is 1.40 bits per heavy atom. The summed E-state index contributed by atoms with van der Waals surface area (Å²) in [6.45, 7) is 0.729. The quantitative estimate of drug-likeness (QED) is 0.348. The molecule has 1 aliphatic rings. The molecule has 1 heterocycles. The first-order valence-corrected chi connectivity index (χ1v) is 11.3. The Labute approximate surface area is 203 Å². The van der Waals surface area contributed by atoms with Gasteiger partial charge in [-0.25, -0.2) is 0 Å². The third-order valence-electron chi connectivity index (χ3n) is 5.80. The van der Waals surface area contributed by atoms with E-state index in [9.17, 15) is 15.0 Å². The molecule has 1 aliphatic heterocycles. The minimum absolute atomic E-state index is 0.0493. The lowest BCUT2D eigenvalue weighted by molar-refractivity contribution is 0.0844. The Kier molecular flexibility index (Phi) is 6.26. The normalized spacial score (nSPS) is 14.6. The van der Waals surface area contributed by atoms with Gasteiger partial charge >= 0.3 is 0 Å². The van der Waals surface area contributed by atoms with Gasteiger partial charge in [0.05, 0.1) is 6.42 Å². The first kappa shape index (κ1) is 22.3. The number of Topliss-reactive ketones (excluding diaryl/α,β-unsaturated/α-hetero) is 1. The minimum Gasteiger partial charge on any atom is -0.508 e. The highest BCUT2D eigenvalue weighted by Gasteiger charge is 2.31. The third kappa shape index (κ3) is 5.06. The summed E-state index contributed by atoms with van der Waals surface area (Å²) in [6.07, 6.45) is -0.549. The first-order chi connectivity index (χ1) is 17.1. The van der Waals surface area contributed by atoms with E-state index in [2.05, 4.69) is 0 Å². The predicted molar refractivity (Wildman–Crippen MR) is 130 cm³/mol. The van der Waals surface area contributed by atoms with Gasteiger partial charge in [-0.3, -0.25) is 4.79 Å². The summed E-state index contributed by atoms with van der Waals surface area (Å²) in [5.41, 5.74) is 2.85. The van der Waals surface area contributed by atoms with Crippen molar-refractivity contribution in [1.29, 1.82) is 0 Å². The number of hydrogen-bond acceptors (Lipinski definition) is 6. The van der Waals surface area contributed by atoms with E-state index >= 15 is 0 Å². The van der Waals surface area contributed by atoms with E-state index in [1.165, 1.54) is 6.07 Å². The van der Waals surface area contributed by atoms with E-state index in [4.69, 9.17) is 14.2 Å². The zero-order valence-electron chi connectivity index (χ0n) is 18.9. The molecule has 0 saturated carbocycles. The van der Waals surface area contributed by atoms with Crippen LogP contribution in [0.1, 0.15) is 39.6 Å². The van der Waals surface area contributed by atoms with E-state index in [-0.39, 0.29) is 35.0 Å². The molecule has 176 valence electrons. The number of benzene rings is 4. The lowest BCUT2D eigenvalue weighted by Crippen LogP contribution is -2.20. The second kappa shape index (κ2) is 9.81. The SMILES string of the molecule is O=C1C[C@@H](c2ccc(OCc3ccccc3)c(OCc3ccccc3)c2)Oc2cc(O)cc(O)c21. The number of carbonyl (C=O) groups excluding carboxylic acids is 1. The maximum absolute atomic E-state index is 12.7. The molecule has 6 heteroatoms. The Morgan fingerprint density at radius 1 is 0.771 bits per heavy atom. The average molecular weight is 469 g/mol. The molecule has 35 heavy (non-hydrogen) atoms. The second-order valence-electron chi connectivity index (χ2n) is 8.33. The van der Waals surface area contributed by atoms with Crippen molar-refractivity contribution in [1.82, 2.24) is 0 Å². The summed E-state index contributed by atoms with van der Waals surface area (Å²) in [5, 5.41) is 19.9. The number of phenols is 2. The Balaban J connectivity index is 1.42. The highest BCUT2D eigenvalue weighted by Crippen LogP contribution is 2.43. The molecule has 2 N–H and O–H groups in total. The van der Waals surface area contributed by atoms with Crippen molar-refractivity contribution in [3.05, 3.63) is 113 Å². The Bertz CT molecular complexity index is 1330. The van der Waals surface area contributed by atoms with Crippen LogP contribution in [0, 0.1) is 0 Å². The van der Waals surface area contributed by atoms with Crippen molar-refractivity contribution in [2.45, 2.75) is 25.7 Å². The fourth-order valence-electron chi connectivity index (χ4n) is 4.04. The molecule has 1 atom stereocenters. The summed E-state index contributed by atoms with van der Waals surface area (Å²) in [6, 6.07) is 27.6. The van der Waals surface area contributed by atoms with Gasteiger partial charge in [0.2, 0.25) is 0 Å². The van der Waals surface area contributed by atoms with Crippen molar-refractivity contribution < 1.29 is 29.2 Å². The fraction of sp³-hybridized carbons (Fsp3) is 0.138. The number of fused-ring (bicyclic) bond motifs is 1. The van der Waals surface area contributed by atoms with Gasteiger partial charge in [0, 0.05) is 12.1 Å². The van der Waals surface area contributed by atoms with E-state index in [1.807, 2.05) is 78.9 Å². The molecule has 0 radical (unpaired) electrons. The summed E-state index contributed by atoms with van der Waals surface area (Å²) >= 11 is 0. The lowest BCUT2D eigenvalue weighted by atomic mass is 9.95. The number of ketones is 1. The lowest BCUT2D eigenvalue weighted by Gasteiger charge is -2.26. The van der Waals surface area contributed by atoms with Crippen molar-refractivity contribution in [3.8, 4) is 28.7 Å². The van der Waals surface area contributed by atoms with Crippen LogP contribution in [0.15, 0.2) is 91.0 Å². The molecule has 0 saturated heterocycles. The van der Waals surface area contributed by atoms with Crippen LogP contribution in [-0.2, 0) is 13.2 Å². The first-order valence-electron chi connectivity index (χ1n) is 11.3. The van der Waals surface area contributed by atoms with Crippen LogP contribution in [0.4, 0.5) is 0 Å². The number of carbonyl (C=O) groups is 1. The van der Waals surface area contributed by atoms with Gasteiger partial charge in [-0.2, -0.15) is 0 Å². The highest BCUT2D eigenvalue weighted by atomic mass is 16.5. The number of phenolic OH excluding ortho intramolecular Hbond substituents is 2. The number of rotatable bonds is 7. The molecular weight excluding hydrogens is 444 g/mol. The molecule has 0 aromatic heterocycles. The van der Waals surface area contributed by atoms with Crippen LogP contribution < -0.4 is 14.2 Å². The second-order valence-corrected chi connectivity index (χ2v) is 8.33. The average Bonchev–Trinajstić information content (AvgIpc) is 2.87. The van der Waals surface area contributed by atoms with Crippen LogP contribution in [0.3, 0.4) is 0 Å². The van der Waals surface area contributed by atoms with Gasteiger partial charge in [-0.05, 0) is 28.8 Å². The Morgan fingerprint density at radius 3 is 2.06 bits per heavy atom. The van der Waals surface area contributed by atoms with Gasteiger partial charge < -0.3 is 24.4 Å². The number of aromatic hydroxyl groups is 2. The standard InChI is InChI=1S/C29H24O6/c30-22-14-23(31)29-24(32)16-26(35-28(29)15-22)21-11-12-25(33-17-19-7-3-1-4-8-19)27(13-21)34-18-20-9-5-2-6-10-20/h1-15,26,30-31H,16-18H2/t26-/m0/s1. The Hall–Kier alpha value is -4.45. The highest BCUT2D eigenvalue weighted by molar-refractivity contribution is 6.02. The van der Waals surface area contributed by atoms with Crippen molar-refractivity contribution in [2.75, 3.05) is 0 Å². The van der Waals surface area contributed by atoms with Gasteiger partial charge in [-0.15, -0.1) is 0 Å². The summed E-state index contributed by atoms with van der Waals surface area (Å²) in [4.78, 5) is 12.7. The maximum Gasteiger partial charge on any atom is 0.174 e. The summed E-state index contributed by atoms with van der Waals surface area (Å²) in [5.74, 6) is 0.533. The van der Waals surface area contributed by atoms with Gasteiger partial charge in [0.15, 0.2) is 17.3 Å². The van der Waals surface area contributed by atoms with Crippen LogP contribution in [0.5, 0.6) is 28.7 Å². The molecule has 0 bridgehead atoms. The third-order valence-corrected chi connectivity index (χ3v) is 5.80. The molecule has 5 rings (SSSR count). The van der Waals surface area contributed by atoms with Crippen molar-refractivity contribution in [2.24, 2.45) is 0 Å². The molecule has 4 aromatic rings. The molecule has 6 nitrogen and oxygen atoms in total. The molecule has 0 fully saturated rings. The predicted octanol–water partition coefficient (Wildman–Crippen LogP) is 5.96. The van der Waals surface area contributed by atoms with E-state index in [1.54, 1.807) is 0 Å². The van der Waals surface area contributed by atoms with Crippen LogP contribution in [0.2, 0.25) is 0 Å². The maximum atomic E-state index is 12.7. The van der Waals surface area contributed by atoms with Crippen molar-refractivity contribution in [3.63, 3.8) is 0 Å². The fourth-order valence-corrected chi connectivity index (χ4v) is 4.04. The van der Waals surface area contributed by atoms with E-state index in [0.29, 0.717) is 24.7 Å². The summed E-state index contributed by atoms with van der Waals surface area (Å²) in [7, 11) is 0. The molecule has 0 spiro atoms. The van der Waals surface area contributed by atoms with Crippen LogP contribution >= 0.6 is 0 Å². The smallest absolute Gasteiger partial charge is 0.174 e. The zero-order valence-corrected chi connectivity index (χ0v) is 18.9. The van der Waals surface area contributed by atoms with Gasteiger partial charge in [-0.1, -0.05) is 66.7 Å². The number of ether oxygens (including phenoxy) is 3. The number of hydrogen-bond donors (Lipinski definition) is 2. The minimum atomic E-state index is -0.599. The van der Waals surface area contributed by atoms with E-state index < -0.39 is 6.10 Å². The van der Waals surface area contributed by atoms with Crippen LogP contribution in [-0.4, -0.2) is 16.0 Å². The monoisotopic (exact) mass is 468 g/mol. The molecule has 0 amide bonds. The molecule has 0 aliphatic carbocycles. The summed E-state index contributed by atoms with van der Waals surface area (Å²) < 4.78 is 18.2. The topological polar surface area (TPSA) is 85.2 Å². The zero-order chi connectivity index (χ0) is 24.2. The van der Waals surface area contributed by atoms with Crippen LogP contribution in [0.25, 0.3) is 0 Å². The largest absolute Gasteiger partial charge is 0.508 e.